The van der Waals surface area contributed by atoms with Crippen molar-refractivity contribution in [3.63, 3.8) is 0 Å². The lowest BCUT2D eigenvalue weighted by atomic mass is 10.0. The van der Waals surface area contributed by atoms with Gasteiger partial charge in [-0.3, -0.25) is 0 Å². The first kappa shape index (κ1) is 9.63. The van der Waals surface area contributed by atoms with Crippen molar-refractivity contribution < 1.29 is 4.42 Å². The zero-order valence-corrected chi connectivity index (χ0v) is 9.39. The SMILES string of the molecule is CC1CCCn2nc(Cc3ccco3)nc21. The van der Waals surface area contributed by atoms with Crippen molar-refractivity contribution >= 4 is 0 Å². The van der Waals surface area contributed by atoms with E-state index in [1.807, 2.05) is 16.8 Å². The smallest absolute Gasteiger partial charge is 0.158 e. The molecular weight excluding hydrogens is 202 g/mol. The van der Waals surface area contributed by atoms with Gasteiger partial charge in [0.1, 0.15) is 11.6 Å². The number of rotatable bonds is 2. The van der Waals surface area contributed by atoms with Crippen LogP contribution in [0.25, 0.3) is 0 Å². The largest absolute Gasteiger partial charge is 0.469 e. The fourth-order valence-corrected chi connectivity index (χ4v) is 2.25. The molecule has 0 radical (unpaired) electrons. The minimum atomic E-state index is 0.534. The molecule has 0 saturated carbocycles. The maximum atomic E-state index is 5.31. The standard InChI is InChI=1S/C12H15N3O/c1-9-4-2-6-15-12(9)13-11(14-15)8-10-5-3-7-16-10/h3,5,7,9H,2,4,6,8H2,1H3. The Morgan fingerprint density at radius 3 is 3.25 bits per heavy atom. The maximum Gasteiger partial charge on any atom is 0.158 e. The summed E-state index contributed by atoms with van der Waals surface area (Å²) in [5.41, 5.74) is 0. The minimum Gasteiger partial charge on any atom is -0.469 e. The molecule has 0 spiro atoms. The van der Waals surface area contributed by atoms with Crippen molar-refractivity contribution in [2.24, 2.45) is 0 Å². The lowest BCUT2D eigenvalue weighted by Gasteiger charge is -2.17. The first-order chi connectivity index (χ1) is 7.83. The second-order valence-electron chi connectivity index (χ2n) is 4.41. The van der Waals surface area contributed by atoms with Gasteiger partial charge in [-0.05, 0) is 25.0 Å². The number of hydrogen-bond acceptors (Lipinski definition) is 3. The van der Waals surface area contributed by atoms with E-state index in [2.05, 4.69) is 17.0 Å². The summed E-state index contributed by atoms with van der Waals surface area (Å²) in [6, 6.07) is 3.86. The summed E-state index contributed by atoms with van der Waals surface area (Å²) >= 11 is 0. The summed E-state index contributed by atoms with van der Waals surface area (Å²) < 4.78 is 7.36. The van der Waals surface area contributed by atoms with Crippen LogP contribution in [0.15, 0.2) is 22.8 Å². The molecule has 1 aliphatic heterocycles. The van der Waals surface area contributed by atoms with Crippen LogP contribution in [0, 0.1) is 0 Å². The topological polar surface area (TPSA) is 43.9 Å². The van der Waals surface area contributed by atoms with Crippen LogP contribution in [-0.4, -0.2) is 14.8 Å². The lowest BCUT2D eigenvalue weighted by molar-refractivity contribution is 0.431. The Hall–Kier alpha value is -1.58. The Morgan fingerprint density at radius 2 is 2.50 bits per heavy atom. The van der Waals surface area contributed by atoms with Crippen molar-refractivity contribution in [2.45, 2.75) is 38.6 Å². The molecular formula is C12H15N3O. The molecule has 4 heteroatoms. The fraction of sp³-hybridized carbons (Fsp3) is 0.500. The summed E-state index contributed by atoms with van der Waals surface area (Å²) in [6.45, 7) is 3.22. The van der Waals surface area contributed by atoms with Gasteiger partial charge in [0.2, 0.25) is 0 Å². The van der Waals surface area contributed by atoms with Crippen LogP contribution in [-0.2, 0) is 13.0 Å². The van der Waals surface area contributed by atoms with E-state index in [1.165, 1.54) is 12.8 Å². The van der Waals surface area contributed by atoms with Crippen molar-refractivity contribution in [1.29, 1.82) is 0 Å². The molecule has 0 fully saturated rings. The monoisotopic (exact) mass is 217 g/mol. The van der Waals surface area contributed by atoms with Crippen LogP contribution in [0.1, 0.15) is 43.1 Å². The first-order valence-corrected chi connectivity index (χ1v) is 5.79. The van der Waals surface area contributed by atoms with Gasteiger partial charge in [-0.2, -0.15) is 5.10 Å². The minimum absolute atomic E-state index is 0.534. The Balaban J connectivity index is 1.87. The van der Waals surface area contributed by atoms with Gasteiger partial charge in [0.25, 0.3) is 0 Å². The second kappa shape index (κ2) is 3.77. The first-order valence-electron chi connectivity index (χ1n) is 5.79. The van der Waals surface area contributed by atoms with E-state index >= 15 is 0 Å². The number of nitrogens with zero attached hydrogens (tertiary/aromatic N) is 3. The molecule has 1 aliphatic rings. The van der Waals surface area contributed by atoms with Gasteiger partial charge in [0.15, 0.2) is 5.82 Å². The third-order valence-corrected chi connectivity index (χ3v) is 3.10. The van der Waals surface area contributed by atoms with Gasteiger partial charge in [-0.15, -0.1) is 0 Å². The summed E-state index contributed by atoms with van der Waals surface area (Å²) in [7, 11) is 0. The second-order valence-corrected chi connectivity index (χ2v) is 4.41. The normalized spacial score (nSPS) is 19.7. The molecule has 2 aromatic heterocycles. The molecule has 84 valence electrons. The highest BCUT2D eigenvalue weighted by Crippen LogP contribution is 2.24. The number of fused-ring (bicyclic) bond motifs is 1. The quantitative estimate of drug-likeness (QED) is 0.775. The van der Waals surface area contributed by atoms with E-state index in [9.17, 15) is 0 Å². The van der Waals surface area contributed by atoms with Crippen molar-refractivity contribution in [1.82, 2.24) is 14.8 Å². The highest BCUT2D eigenvalue weighted by Gasteiger charge is 2.20. The average molecular weight is 217 g/mol. The molecule has 0 aliphatic carbocycles. The van der Waals surface area contributed by atoms with Crippen LogP contribution < -0.4 is 0 Å². The molecule has 0 saturated heterocycles. The van der Waals surface area contributed by atoms with Crippen molar-refractivity contribution in [2.75, 3.05) is 0 Å². The van der Waals surface area contributed by atoms with Crippen molar-refractivity contribution in [3.8, 4) is 0 Å². The summed E-state index contributed by atoms with van der Waals surface area (Å²) in [4.78, 5) is 4.60. The van der Waals surface area contributed by atoms with Crippen LogP contribution >= 0.6 is 0 Å². The number of aryl methyl sites for hydroxylation is 1. The van der Waals surface area contributed by atoms with Crippen LogP contribution in [0.4, 0.5) is 0 Å². The molecule has 4 nitrogen and oxygen atoms in total. The molecule has 0 aromatic carbocycles. The van der Waals surface area contributed by atoms with Gasteiger partial charge < -0.3 is 4.42 Å². The van der Waals surface area contributed by atoms with E-state index in [-0.39, 0.29) is 0 Å². The molecule has 1 unspecified atom stereocenters. The molecule has 3 heterocycles. The van der Waals surface area contributed by atoms with E-state index in [0.717, 1.165) is 24.0 Å². The van der Waals surface area contributed by atoms with Gasteiger partial charge in [-0.1, -0.05) is 6.92 Å². The zero-order chi connectivity index (χ0) is 11.0. The lowest BCUT2D eigenvalue weighted by Crippen LogP contribution is -2.14. The number of aromatic nitrogens is 3. The summed E-state index contributed by atoms with van der Waals surface area (Å²) in [5, 5.41) is 4.52. The van der Waals surface area contributed by atoms with Crippen LogP contribution in [0.3, 0.4) is 0 Å². The molecule has 0 amide bonds. The van der Waals surface area contributed by atoms with E-state index in [1.54, 1.807) is 6.26 Å². The van der Waals surface area contributed by atoms with Gasteiger partial charge in [0, 0.05) is 12.5 Å². The third-order valence-electron chi connectivity index (χ3n) is 3.10. The summed E-state index contributed by atoms with van der Waals surface area (Å²) in [6.07, 6.45) is 4.81. The Bertz CT molecular complexity index is 472. The Morgan fingerprint density at radius 1 is 1.56 bits per heavy atom. The van der Waals surface area contributed by atoms with Crippen LogP contribution in [0.2, 0.25) is 0 Å². The molecule has 16 heavy (non-hydrogen) atoms. The predicted octanol–water partition coefficient (Wildman–Crippen LogP) is 2.36. The highest BCUT2D eigenvalue weighted by atomic mass is 16.3. The fourth-order valence-electron chi connectivity index (χ4n) is 2.25. The summed E-state index contributed by atoms with van der Waals surface area (Å²) in [5.74, 6) is 3.47. The molecule has 3 rings (SSSR count). The van der Waals surface area contributed by atoms with E-state index in [4.69, 9.17) is 4.42 Å². The Labute approximate surface area is 94.3 Å². The predicted molar refractivity (Wildman–Crippen MR) is 59.2 cm³/mol. The Kier molecular flexibility index (Phi) is 2.27. The van der Waals surface area contributed by atoms with E-state index < -0.39 is 0 Å². The third kappa shape index (κ3) is 1.64. The average Bonchev–Trinajstić information content (AvgIpc) is 2.88. The van der Waals surface area contributed by atoms with E-state index in [0.29, 0.717) is 12.3 Å². The van der Waals surface area contributed by atoms with Crippen LogP contribution in [0.5, 0.6) is 0 Å². The number of furan rings is 1. The van der Waals surface area contributed by atoms with Gasteiger partial charge >= 0.3 is 0 Å². The van der Waals surface area contributed by atoms with Crippen molar-refractivity contribution in [3.05, 3.63) is 35.8 Å². The zero-order valence-electron chi connectivity index (χ0n) is 9.39. The highest BCUT2D eigenvalue weighted by molar-refractivity contribution is 5.09. The molecule has 1 atom stereocenters. The van der Waals surface area contributed by atoms with Gasteiger partial charge in [-0.25, -0.2) is 9.67 Å². The number of hydrogen-bond donors (Lipinski definition) is 0. The maximum absolute atomic E-state index is 5.31. The molecule has 2 aromatic rings. The van der Waals surface area contributed by atoms with Gasteiger partial charge in [0.05, 0.1) is 12.7 Å². The molecule has 0 bridgehead atoms. The molecule has 0 N–H and O–H groups in total.